The number of piperidine rings is 1. The second-order valence-corrected chi connectivity index (χ2v) is 12.7. The van der Waals surface area contributed by atoms with Crippen molar-refractivity contribution in [2.24, 2.45) is 5.14 Å². The largest absolute Gasteiger partial charge is 0.382 e. The molecule has 226 valence electrons. The lowest BCUT2D eigenvalue weighted by molar-refractivity contribution is 0.0745. The van der Waals surface area contributed by atoms with Crippen molar-refractivity contribution in [3.8, 4) is 6.07 Å². The lowest BCUT2D eigenvalue weighted by Gasteiger charge is -2.37. The highest BCUT2D eigenvalue weighted by atomic mass is 32.2. The van der Waals surface area contributed by atoms with E-state index in [4.69, 9.17) is 5.14 Å². The third-order valence-corrected chi connectivity index (χ3v) is 9.30. The summed E-state index contributed by atoms with van der Waals surface area (Å²) in [6.07, 6.45) is 3.19. The molecule has 2 aromatic carbocycles. The van der Waals surface area contributed by atoms with Gasteiger partial charge in [-0.3, -0.25) is 4.79 Å². The first-order valence-corrected chi connectivity index (χ1v) is 15.9. The smallest absolute Gasteiger partial charge is 0.254 e. The van der Waals surface area contributed by atoms with Gasteiger partial charge in [0.05, 0.1) is 11.3 Å². The van der Waals surface area contributed by atoms with Crippen molar-refractivity contribution in [1.82, 2.24) is 9.88 Å². The van der Waals surface area contributed by atoms with Crippen molar-refractivity contribution in [2.45, 2.75) is 44.6 Å². The molecule has 3 N–H and O–H groups in total. The molecule has 3 heterocycles. The highest BCUT2D eigenvalue weighted by Crippen LogP contribution is 2.32. The van der Waals surface area contributed by atoms with Gasteiger partial charge in [0.2, 0.25) is 10.0 Å². The fourth-order valence-corrected chi connectivity index (χ4v) is 6.90. The number of hydrogen-bond donors (Lipinski definition) is 2. The number of amides is 1. The second-order valence-electron chi connectivity index (χ2n) is 11.2. The third kappa shape index (κ3) is 6.28. The van der Waals surface area contributed by atoms with Gasteiger partial charge >= 0.3 is 0 Å². The number of rotatable bonds is 6. The fraction of sp³-hybridized carbons (Fsp3) is 0.387. The zero-order chi connectivity index (χ0) is 30.9. The number of sulfonamides is 1. The van der Waals surface area contributed by atoms with E-state index in [0.717, 1.165) is 54.0 Å². The third-order valence-electron chi connectivity index (χ3n) is 8.37. The Kier molecular flexibility index (Phi) is 8.57. The number of nitrogens with two attached hydrogens (primary N) is 1. The van der Waals surface area contributed by atoms with Crippen LogP contribution in [0.1, 0.15) is 45.5 Å². The van der Waals surface area contributed by atoms with E-state index < -0.39 is 15.8 Å². The van der Waals surface area contributed by atoms with E-state index in [9.17, 15) is 22.9 Å². The van der Waals surface area contributed by atoms with E-state index in [1.54, 1.807) is 11.0 Å². The van der Waals surface area contributed by atoms with Crippen LogP contribution >= 0.6 is 0 Å². The van der Waals surface area contributed by atoms with Gasteiger partial charge in [-0.15, -0.1) is 0 Å². The van der Waals surface area contributed by atoms with Crippen LogP contribution in [-0.4, -0.2) is 69.5 Å². The summed E-state index contributed by atoms with van der Waals surface area (Å²) in [6, 6.07) is 11.6. The van der Waals surface area contributed by atoms with Crippen LogP contribution in [0.5, 0.6) is 0 Å². The number of aryl methyl sites for hydroxylation is 2. The van der Waals surface area contributed by atoms with Crippen LogP contribution < -0.4 is 20.3 Å². The fourth-order valence-electron chi connectivity index (χ4n) is 6.20. The van der Waals surface area contributed by atoms with E-state index in [1.165, 1.54) is 30.5 Å². The summed E-state index contributed by atoms with van der Waals surface area (Å²) in [5.74, 6) is -0.167. The molecule has 2 aliphatic rings. The molecule has 12 heteroatoms. The Labute approximate surface area is 252 Å². The topological polar surface area (TPSA) is 136 Å². The second kappa shape index (κ2) is 12.2. The highest BCUT2D eigenvalue weighted by molar-refractivity contribution is 7.89. The molecule has 0 spiro atoms. The molecule has 0 unspecified atom stereocenters. The lowest BCUT2D eigenvalue weighted by Crippen LogP contribution is -2.49. The Morgan fingerprint density at radius 2 is 1.72 bits per heavy atom. The summed E-state index contributed by atoms with van der Waals surface area (Å²) in [5, 5.41) is 18.6. The quantitative estimate of drug-likeness (QED) is 0.434. The van der Waals surface area contributed by atoms with Crippen molar-refractivity contribution in [2.75, 3.05) is 54.4 Å². The van der Waals surface area contributed by atoms with Crippen molar-refractivity contribution in [1.29, 1.82) is 5.26 Å². The van der Waals surface area contributed by atoms with Gasteiger partial charge in [0, 0.05) is 62.8 Å². The average molecular weight is 606 g/mol. The Balaban J connectivity index is 1.27. The van der Waals surface area contributed by atoms with Crippen LogP contribution in [-0.2, 0) is 10.0 Å². The van der Waals surface area contributed by atoms with Crippen LogP contribution in [0, 0.1) is 37.9 Å². The maximum Gasteiger partial charge on any atom is 0.254 e. The molecule has 0 aliphatic carbocycles. The number of aromatic nitrogens is 1. The minimum Gasteiger partial charge on any atom is -0.382 e. The summed E-state index contributed by atoms with van der Waals surface area (Å²) in [7, 11) is -3.93. The minimum absolute atomic E-state index is 0.0234. The molecule has 5 rings (SSSR count). The van der Waals surface area contributed by atoms with E-state index in [1.807, 2.05) is 31.7 Å². The molecule has 2 fully saturated rings. The van der Waals surface area contributed by atoms with Gasteiger partial charge in [0.1, 0.15) is 22.6 Å². The number of pyridine rings is 1. The Morgan fingerprint density at radius 3 is 2.37 bits per heavy atom. The van der Waals surface area contributed by atoms with Crippen molar-refractivity contribution in [3.05, 3.63) is 76.2 Å². The number of carbonyl (C=O) groups excluding carboxylic acids is 1. The van der Waals surface area contributed by atoms with Gasteiger partial charge in [-0.25, -0.2) is 22.9 Å². The predicted molar refractivity (Wildman–Crippen MR) is 164 cm³/mol. The maximum absolute atomic E-state index is 13.8. The molecule has 2 saturated heterocycles. The summed E-state index contributed by atoms with van der Waals surface area (Å²) in [4.78, 5) is 23.9. The van der Waals surface area contributed by atoms with Gasteiger partial charge in [-0.2, -0.15) is 5.26 Å². The van der Waals surface area contributed by atoms with Gasteiger partial charge in [0.25, 0.3) is 5.91 Å². The molecule has 1 aromatic heterocycles. The Hall–Kier alpha value is -4.21. The highest BCUT2D eigenvalue weighted by Gasteiger charge is 2.29. The molecule has 2 aliphatic heterocycles. The van der Waals surface area contributed by atoms with Crippen molar-refractivity contribution in [3.63, 3.8) is 0 Å². The molecular weight excluding hydrogens is 569 g/mol. The summed E-state index contributed by atoms with van der Waals surface area (Å²) < 4.78 is 37.8. The molecule has 0 saturated carbocycles. The molecule has 43 heavy (non-hydrogen) atoms. The van der Waals surface area contributed by atoms with Gasteiger partial charge in [-0.1, -0.05) is 6.07 Å². The number of piperazine rings is 1. The molecule has 0 bridgehead atoms. The number of hydrogen-bond acceptors (Lipinski definition) is 8. The number of halogens is 1. The summed E-state index contributed by atoms with van der Waals surface area (Å²) in [5.41, 5.74) is 5.59. The standard InChI is InChI=1S/C31H36FN7O3S/c1-20-17-21(2)29(36-25-8-11-37(12-9-25)26-7-6-24(32)18-23(26)19-33)22(3)28(20)31(40)39-15-13-38(14-16-39)30-27(43(34,41)42)5-4-10-35-30/h4-7,10,17-18,25,36H,8-9,11-16H2,1-3H3,(H2,34,41,42). The number of nitriles is 1. The maximum atomic E-state index is 13.8. The van der Waals surface area contributed by atoms with Crippen molar-refractivity contribution >= 4 is 33.1 Å². The van der Waals surface area contributed by atoms with E-state index in [-0.39, 0.29) is 16.8 Å². The molecular formula is C31H36FN7O3S. The minimum atomic E-state index is -3.93. The SMILES string of the molecule is Cc1cc(C)c(C(=O)N2CCN(c3ncccc3S(N)(=O)=O)CC2)c(C)c1NC1CCN(c2ccc(F)cc2C#N)CC1. The van der Waals surface area contributed by atoms with Gasteiger partial charge in [0.15, 0.2) is 0 Å². The molecule has 10 nitrogen and oxygen atoms in total. The van der Waals surface area contributed by atoms with Crippen LogP contribution in [0.4, 0.5) is 21.6 Å². The summed E-state index contributed by atoms with van der Waals surface area (Å²) >= 11 is 0. The van der Waals surface area contributed by atoms with Gasteiger partial charge in [-0.05, 0) is 80.6 Å². The number of nitrogens with zero attached hydrogens (tertiary/aromatic N) is 5. The first-order valence-electron chi connectivity index (χ1n) is 14.3. The molecule has 1 amide bonds. The molecule has 0 atom stereocenters. The predicted octanol–water partition coefficient (Wildman–Crippen LogP) is 3.71. The van der Waals surface area contributed by atoms with Crippen LogP contribution in [0.2, 0.25) is 0 Å². The van der Waals surface area contributed by atoms with E-state index in [2.05, 4.69) is 21.3 Å². The summed E-state index contributed by atoms with van der Waals surface area (Å²) in [6.45, 7) is 9.11. The van der Waals surface area contributed by atoms with Crippen molar-refractivity contribution < 1.29 is 17.6 Å². The first-order chi connectivity index (χ1) is 20.5. The van der Waals surface area contributed by atoms with E-state index in [0.29, 0.717) is 43.1 Å². The first kappa shape index (κ1) is 30.3. The monoisotopic (exact) mass is 605 g/mol. The zero-order valence-corrected chi connectivity index (χ0v) is 25.4. The number of anilines is 3. The normalized spacial score (nSPS) is 16.2. The number of benzene rings is 2. The van der Waals surface area contributed by atoms with E-state index >= 15 is 0 Å². The average Bonchev–Trinajstić information content (AvgIpc) is 2.99. The lowest BCUT2D eigenvalue weighted by atomic mass is 9.94. The molecule has 0 radical (unpaired) electrons. The van der Waals surface area contributed by atoms with Gasteiger partial charge < -0.3 is 20.0 Å². The Morgan fingerprint density at radius 1 is 1.02 bits per heavy atom. The number of carbonyl (C=O) groups is 1. The molecule has 3 aromatic rings. The number of nitrogens with one attached hydrogen (secondary N) is 1. The van der Waals surface area contributed by atoms with Crippen LogP contribution in [0.15, 0.2) is 47.5 Å². The Bertz CT molecular complexity index is 1690. The van der Waals surface area contributed by atoms with Crippen LogP contribution in [0.25, 0.3) is 0 Å². The van der Waals surface area contributed by atoms with Crippen LogP contribution in [0.3, 0.4) is 0 Å². The number of primary sulfonamides is 1. The zero-order valence-electron chi connectivity index (χ0n) is 24.6.